The Kier molecular flexibility index (Phi) is 5.60. The van der Waals surface area contributed by atoms with Crippen LogP contribution in [0, 0.1) is 0 Å². The fourth-order valence-electron chi connectivity index (χ4n) is 2.58. The average molecular weight is 352 g/mol. The predicted molar refractivity (Wildman–Crippen MR) is 100.0 cm³/mol. The number of carbonyl (C=O) groups is 2. The van der Waals surface area contributed by atoms with Crippen LogP contribution in [0.2, 0.25) is 0 Å². The number of nitrogens with one attached hydrogen (secondary N) is 3. The number of benzene rings is 2. The minimum absolute atomic E-state index is 0.0198. The lowest BCUT2D eigenvalue weighted by Crippen LogP contribution is -2.17. The molecule has 0 unspecified atom stereocenters. The van der Waals surface area contributed by atoms with Gasteiger partial charge in [-0.3, -0.25) is 9.59 Å². The largest absolute Gasteiger partial charge is 0.375 e. The standard InChI is InChI=1S/C19H20N4O3/c1-26-12-19(25)21-14-6-4-5-13(11-14)20-18(24)10-9-17-22-15-7-2-3-8-16(15)23-17/h2-8,11H,9-10,12H2,1H3,(H,20,24)(H,21,25)(H,22,23). The fourth-order valence-corrected chi connectivity index (χ4v) is 2.58. The first-order valence-corrected chi connectivity index (χ1v) is 8.26. The topological polar surface area (TPSA) is 96.1 Å². The van der Waals surface area contributed by atoms with Crippen molar-refractivity contribution >= 4 is 34.2 Å². The van der Waals surface area contributed by atoms with E-state index in [-0.39, 0.29) is 18.4 Å². The molecule has 0 atom stereocenters. The molecule has 0 aliphatic carbocycles. The van der Waals surface area contributed by atoms with Crippen LogP contribution in [0.1, 0.15) is 12.2 Å². The van der Waals surface area contributed by atoms with Crippen LogP contribution in [0.4, 0.5) is 11.4 Å². The van der Waals surface area contributed by atoms with Gasteiger partial charge < -0.3 is 20.4 Å². The third kappa shape index (κ3) is 4.67. The van der Waals surface area contributed by atoms with Crippen LogP contribution < -0.4 is 10.6 Å². The van der Waals surface area contributed by atoms with Crippen molar-refractivity contribution in [2.75, 3.05) is 24.4 Å². The van der Waals surface area contributed by atoms with Crippen LogP contribution in [0.15, 0.2) is 48.5 Å². The van der Waals surface area contributed by atoms with Gasteiger partial charge in [-0.15, -0.1) is 0 Å². The van der Waals surface area contributed by atoms with E-state index in [1.54, 1.807) is 24.3 Å². The van der Waals surface area contributed by atoms with Crippen LogP contribution in [-0.4, -0.2) is 35.5 Å². The smallest absolute Gasteiger partial charge is 0.250 e. The number of para-hydroxylation sites is 2. The predicted octanol–water partition coefficient (Wildman–Crippen LogP) is 2.72. The van der Waals surface area contributed by atoms with Gasteiger partial charge in [-0.1, -0.05) is 18.2 Å². The Labute approximate surface area is 150 Å². The van der Waals surface area contributed by atoms with Crippen molar-refractivity contribution < 1.29 is 14.3 Å². The van der Waals surface area contributed by atoms with Crippen molar-refractivity contribution in [1.82, 2.24) is 9.97 Å². The molecule has 7 heteroatoms. The van der Waals surface area contributed by atoms with Crippen molar-refractivity contribution in [3.63, 3.8) is 0 Å². The summed E-state index contributed by atoms with van der Waals surface area (Å²) in [7, 11) is 1.46. The van der Waals surface area contributed by atoms with Crippen LogP contribution in [0.5, 0.6) is 0 Å². The van der Waals surface area contributed by atoms with E-state index in [9.17, 15) is 9.59 Å². The molecule has 134 valence electrons. The molecule has 26 heavy (non-hydrogen) atoms. The van der Waals surface area contributed by atoms with E-state index in [0.717, 1.165) is 16.9 Å². The van der Waals surface area contributed by atoms with Crippen molar-refractivity contribution in [3.05, 3.63) is 54.4 Å². The summed E-state index contributed by atoms with van der Waals surface area (Å²) in [6.45, 7) is -0.0198. The quantitative estimate of drug-likeness (QED) is 0.609. The van der Waals surface area contributed by atoms with Gasteiger partial charge in [0.15, 0.2) is 0 Å². The van der Waals surface area contributed by atoms with Crippen molar-refractivity contribution in [1.29, 1.82) is 0 Å². The van der Waals surface area contributed by atoms with Crippen LogP contribution in [0.25, 0.3) is 11.0 Å². The molecule has 0 fully saturated rings. The Morgan fingerprint density at radius 2 is 1.77 bits per heavy atom. The lowest BCUT2D eigenvalue weighted by atomic mass is 10.2. The molecule has 3 aromatic rings. The van der Waals surface area contributed by atoms with E-state index in [0.29, 0.717) is 24.2 Å². The maximum atomic E-state index is 12.2. The third-order valence-electron chi connectivity index (χ3n) is 3.73. The normalized spacial score (nSPS) is 10.7. The fraction of sp³-hybridized carbons (Fsp3) is 0.211. The second kappa shape index (κ2) is 8.26. The minimum Gasteiger partial charge on any atom is -0.375 e. The maximum absolute atomic E-state index is 12.2. The number of H-pyrrole nitrogens is 1. The van der Waals surface area contributed by atoms with Crippen LogP contribution in [0.3, 0.4) is 0 Å². The number of aromatic nitrogens is 2. The average Bonchev–Trinajstić information content (AvgIpc) is 3.03. The molecule has 0 saturated carbocycles. The first-order chi connectivity index (χ1) is 12.6. The van der Waals surface area contributed by atoms with Crippen molar-refractivity contribution in [2.24, 2.45) is 0 Å². The lowest BCUT2D eigenvalue weighted by molar-refractivity contribution is -0.119. The van der Waals surface area contributed by atoms with Gasteiger partial charge in [0.05, 0.1) is 11.0 Å². The Hall–Kier alpha value is -3.19. The summed E-state index contributed by atoms with van der Waals surface area (Å²) in [5.41, 5.74) is 3.07. The maximum Gasteiger partial charge on any atom is 0.250 e. The zero-order valence-electron chi connectivity index (χ0n) is 14.4. The third-order valence-corrected chi connectivity index (χ3v) is 3.73. The zero-order chi connectivity index (χ0) is 18.4. The number of hydrogen-bond acceptors (Lipinski definition) is 4. The highest BCUT2D eigenvalue weighted by Gasteiger charge is 2.08. The molecular weight excluding hydrogens is 332 g/mol. The molecule has 0 aliphatic rings. The summed E-state index contributed by atoms with van der Waals surface area (Å²) in [6, 6.07) is 14.7. The van der Waals surface area contributed by atoms with E-state index >= 15 is 0 Å². The molecule has 0 saturated heterocycles. The molecular formula is C19H20N4O3. The highest BCUT2D eigenvalue weighted by atomic mass is 16.5. The second-order valence-electron chi connectivity index (χ2n) is 5.81. The molecule has 3 rings (SSSR count). The first kappa shape index (κ1) is 17.6. The molecule has 0 radical (unpaired) electrons. The van der Waals surface area contributed by atoms with E-state index in [4.69, 9.17) is 4.74 Å². The Morgan fingerprint density at radius 1 is 1.04 bits per heavy atom. The molecule has 1 heterocycles. The van der Waals surface area contributed by atoms with Gasteiger partial charge in [-0.2, -0.15) is 0 Å². The van der Waals surface area contributed by atoms with Gasteiger partial charge in [0.1, 0.15) is 12.4 Å². The number of imidazole rings is 1. The van der Waals surface area contributed by atoms with E-state index < -0.39 is 0 Å². The summed E-state index contributed by atoms with van der Waals surface area (Å²) >= 11 is 0. The Bertz CT molecular complexity index is 887. The number of ether oxygens (including phenoxy) is 1. The SMILES string of the molecule is COCC(=O)Nc1cccc(NC(=O)CCc2nc3ccccc3[nH]2)c1. The lowest BCUT2D eigenvalue weighted by Gasteiger charge is -2.08. The monoisotopic (exact) mass is 352 g/mol. The summed E-state index contributed by atoms with van der Waals surface area (Å²) in [5.74, 6) is 0.411. The Morgan fingerprint density at radius 3 is 2.50 bits per heavy atom. The van der Waals surface area contributed by atoms with Gasteiger partial charge >= 0.3 is 0 Å². The highest BCUT2D eigenvalue weighted by Crippen LogP contribution is 2.16. The number of rotatable bonds is 7. The molecule has 0 spiro atoms. The van der Waals surface area contributed by atoms with Gasteiger partial charge in [-0.25, -0.2) is 4.98 Å². The molecule has 2 aromatic carbocycles. The van der Waals surface area contributed by atoms with Crippen LogP contribution in [-0.2, 0) is 20.7 Å². The first-order valence-electron chi connectivity index (χ1n) is 8.26. The molecule has 7 nitrogen and oxygen atoms in total. The number of aryl methyl sites for hydroxylation is 1. The molecule has 0 bridgehead atoms. The number of nitrogens with zero attached hydrogens (tertiary/aromatic N) is 1. The molecule has 1 aromatic heterocycles. The van der Waals surface area contributed by atoms with Gasteiger partial charge in [0.25, 0.3) is 0 Å². The molecule has 0 aliphatic heterocycles. The molecule has 2 amide bonds. The summed E-state index contributed by atoms with van der Waals surface area (Å²) < 4.78 is 4.78. The van der Waals surface area contributed by atoms with Gasteiger partial charge in [-0.05, 0) is 30.3 Å². The number of amides is 2. The van der Waals surface area contributed by atoms with Gasteiger partial charge in [0.2, 0.25) is 11.8 Å². The van der Waals surface area contributed by atoms with E-state index in [1.807, 2.05) is 24.3 Å². The summed E-state index contributed by atoms with van der Waals surface area (Å²) in [4.78, 5) is 31.4. The van der Waals surface area contributed by atoms with Crippen molar-refractivity contribution in [2.45, 2.75) is 12.8 Å². The minimum atomic E-state index is -0.249. The van der Waals surface area contributed by atoms with Gasteiger partial charge in [0, 0.05) is 31.3 Å². The Balaban J connectivity index is 1.55. The highest BCUT2D eigenvalue weighted by molar-refractivity contribution is 5.94. The zero-order valence-corrected chi connectivity index (χ0v) is 14.4. The molecule has 3 N–H and O–H groups in total. The number of methoxy groups -OCH3 is 1. The number of hydrogen-bond donors (Lipinski definition) is 3. The summed E-state index contributed by atoms with van der Waals surface area (Å²) in [6.07, 6.45) is 0.824. The number of fused-ring (bicyclic) bond motifs is 1. The summed E-state index contributed by atoms with van der Waals surface area (Å²) in [5, 5.41) is 5.53. The number of anilines is 2. The number of carbonyl (C=O) groups excluding carboxylic acids is 2. The van der Waals surface area contributed by atoms with E-state index in [2.05, 4.69) is 20.6 Å². The van der Waals surface area contributed by atoms with Crippen LogP contribution >= 0.6 is 0 Å². The van der Waals surface area contributed by atoms with E-state index in [1.165, 1.54) is 7.11 Å². The number of aromatic amines is 1. The second-order valence-corrected chi connectivity index (χ2v) is 5.81. The van der Waals surface area contributed by atoms with Crippen molar-refractivity contribution in [3.8, 4) is 0 Å².